The summed E-state index contributed by atoms with van der Waals surface area (Å²) in [5.74, 6) is 0.788. The van der Waals surface area contributed by atoms with E-state index < -0.39 is 9.84 Å². The van der Waals surface area contributed by atoms with E-state index in [1.54, 1.807) is 6.07 Å². The topological polar surface area (TPSA) is 75.7 Å². The van der Waals surface area contributed by atoms with Crippen LogP contribution >= 0.6 is 0 Å². The van der Waals surface area contributed by atoms with E-state index in [1.807, 2.05) is 0 Å². The van der Waals surface area contributed by atoms with Gasteiger partial charge in [-0.05, 0) is 75.2 Å². The zero-order valence-corrected chi connectivity index (χ0v) is 17.4. The summed E-state index contributed by atoms with van der Waals surface area (Å²) in [5.41, 5.74) is 1.21. The van der Waals surface area contributed by atoms with Crippen LogP contribution < -0.4 is 10.1 Å². The Morgan fingerprint density at radius 1 is 1.25 bits per heavy atom. The molecule has 0 radical (unpaired) electrons. The molecule has 1 aromatic carbocycles. The van der Waals surface area contributed by atoms with Crippen molar-refractivity contribution in [3.63, 3.8) is 0 Å². The van der Waals surface area contributed by atoms with E-state index in [4.69, 9.17) is 4.74 Å². The van der Waals surface area contributed by atoms with Crippen molar-refractivity contribution in [1.29, 1.82) is 0 Å². The number of hydrogen-bond donors (Lipinski definition) is 1. The molecule has 1 atom stereocenters. The molecule has 1 unspecified atom stereocenters. The SMILES string of the molecule is CCN1CCCC1CNC(=O)c1cc(S(=O)(=O)CC2CC2)cc2c1OCCC2. The number of carbonyl (C=O) groups is 1. The number of fused-ring (bicyclic) bond motifs is 1. The predicted octanol–water partition coefficient (Wildman–Crippen LogP) is 2.41. The fourth-order valence-corrected chi connectivity index (χ4v) is 6.11. The van der Waals surface area contributed by atoms with Gasteiger partial charge < -0.3 is 10.1 Å². The number of nitrogens with zero attached hydrogens (tertiary/aromatic N) is 1. The summed E-state index contributed by atoms with van der Waals surface area (Å²) in [6, 6.07) is 3.61. The Bertz CT molecular complexity index is 848. The first kappa shape index (κ1) is 19.7. The molecule has 1 amide bonds. The second kappa shape index (κ2) is 8.03. The Kier molecular flexibility index (Phi) is 5.65. The summed E-state index contributed by atoms with van der Waals surface area (Å²) < 4.78 is 31.4. The van der Waals surface area contributed by atoms with Crippen molar-refractivity contribution in [2.45, 2.75) is 56.4 Å². The summed E-state index contributed by atoms with van der Waals surface area (Å²) in [6.07, 6.45) is 5.79. The van der Waals surface area contributed by atoms with Crippen LogP contribution in [0.15, 0.2) is 17.0 Å². The van der Waals surface area contributed by atoms with Crippen LogP contribution in [0.5, 0.6) is 5.75 Å². The Hall–Kier alpha value is -1.60. The van der Waals surface area contributed by atoms with Gasteiger partial charge in [-0.25, -0.2) is 8.42 Å². The van der Waals surface area contributed by atoms with Gasteiger partial charge in [0.1, 0.15) is 5.75 Å². The maximum atomic E-state index is 13.0. The van der Waals surface area contributed by atoms with Gasteiger partial charge in [0.05, 0.1) is 22.8 Å². The molecule has 154 valence electrons. The zero-order valence-electron chi connectivity index (χ0n) is 16.6. The third-order valence-corrected chi connectivity index (χ3v) is 8.00. The predicted molar refractivity (Wildman–Crippen MR) is 108 cm³/mol. The van der Waals surface area contributed by atoms with Crippen molar-refractivity contribution in [1.82, 2.24) is 10.2 Å². The van der Waals surface area contributed by atoms with E-state index >= 15 is 0 Å². The van der Waals surface area contributed by atoms with Crippen molar-refractivity contribution in [2.75, 3.05) is 32.0 Å². The summed E-state index contributed by atoms with van der Waals surface area (Å²) in [7, 11) is -3.37. The molecule has 0 aromatic heterocycles. The molecule has 6 nitrogen and oxygen atoms in total. The molecule has 0 bridgehead atoms. The molecule has 4 rings (SSSR count). The molecule has 1 aromatic rings. The molecule has 2 aliphatic heterocycles. The zero-order chi connectivity index (χ0) is 19.7. The van der Waals surface area contributed by atoms with Crippen LogP contribution in [0.3, 0.4) is 0 Å². The third kappa shape index (κ3) is 4.20. The second-order valence-electron chi connectivity index (χ2n) is 8.27. The lowest BCUT2D eigenvalue weighted by Crippen LogP contribution is -2.40. The van der Waals surface area contributed by atoms with E-state index in [-0.39, 0.29) is 22.5 Å². The standard InChI is InChI=1S/C21H30N2O4S/c1-2-23-9-3-6-17(23)13-22-21(24)19-12-18(28(25,26)14-15-7-8-15)11-16-5-4-10-27-20(16)19/h11-12,15,17H,2-10,13-14H2,1H3,(H,22,24). The minimum absolute atomic E-state index is 0.182. The van der Waals surface area contributed by atoms with Crippen LogP contribution in [0, 0.1) is 5.92 Å². The molecular formula is C21H30N2O4S. The van der Waals surface area contributed by atoms with Crippen LogP contribution in [0.25, 0.3) is 0 Å². The third-order valence-electron chi connectivity index (χ3n) is 6.14. The Balaban J connectivity index is 1.57. The summed E-state index contributed by atoms with van der Waals surface area (Å²) in [6.45, 7) is 5.34. The average Bonchev–Trinajstić information content (AvgIpc) is 3.37. The Morgan fingerprint density at radius 3 is 2.82 bits per heavy atom. The van der Waals surface area contributed by atoms with Crippen molar-refractivity contribution >= 4 is 15.7 Å². The van der Waals surface area contributed by atoms with E-state index in [0.29, 0.717) is 30.5 Å². The molecule has 0 spiro atoms. The first-order chi connectivity index (χ1) is 13.5. The number of carbonyl (C=O) groups excluding carboxylic acids is 1. The number of nitrogens with one attached hydrogen (secondary N) is 1. The number of amides is 1. The van der Waals surface area contributed by atoms with E-state index in [9.17, 15) is 13.2 Å². The van der Waals surface area contributed by atoms with Gasteiger partial charge in [-0.3, -0.25) is 9.69 Å². The fourth-order valence-electron chi connectivity index (χ4n) is 4.34. The number of likely N-dealkylation sites (N-methyl/N-ethyl adjacent to an activating group) is 1. The highest BCUT2D eigenvalue weighted by molar-refractivity contribution is 7.91. The number of likely N-dealkylation sites (tertiary alicyclic amines) is 1. The minimum atomic E-state index is -3.37. The van der Waals surface area contributed by atoms with Crippen LogP contribution in [-0.4, -0.2) is 57.3 Å². The molecule has 1 saturated heterocycles. The second-order valence-corrected chi connectivity index (χ2v) is 10.3. The number of rotatable bonds is 7. The highest BCUT2D eigenvalue weighted by Gasteiger charge is 2.31. The highest BCUT2D eigenvalue weighted by atomic mass is 32.2. The Morgan fingerprint density at radius 2 is 2.07 bits per heavy atom. The lowest BCUT2D eigenvalue weighted by Gasteiger charge is -2.24. The van der Waals surface area contributed by atoms with Crippen LogP contribution in [-0.2, 0) is 16.3 Å². The van der Waals surface area contributed by atoms with Gasteiger partial charge >= 0.3 is 0 Å². The van der Waals surface area contributed by atoms with Crippen LogP contribution in [0.2, 0.25) is 0 Å². The van der Waals surface area contributed by atoms with Crippen molar-refractivity contribution in [2.24, 2.45) is 5.92 Å². The van der Waals surface area contributed by atoms with Gasteiger partial charge in [0.2, 0.25) is 0 Å². The lowest BCUT2D eigenvalue weighted by atomic mass is 10.0. The molecule has 2 fully saturated rings. The van der Waals surface area contributed by atoms with E-state index in [2.05, 4.69) is 17.1 Å². The smallest absolute Gasteiger partial charge is 0.255 e. The molecule has 1 N–H and O–H groups in total. The molecule has 1 aliphatic carbocycles. The van der Waals surface area contributed by atoms with Crippen molar-refractivity contribution in [3.8, 4) is 5.75 Å². The van der Waals surface area contributed by atoms with Gasteiger partial charge in [0, 0.05) is 12.6 Å². The number of sulfone groups is 1. The van der Waals surface area contributed by atoms with Gasteiger partial charge in [-0.1, -0.05) is 6.92 Å². The first-order valence-corrected chi connectivity index (χ1v) is 12.2. The Labute approximate surface area is 167 Å². The largest absolute Gasteiger partial charge is 0.492 e. The van der Waals surface area contributed by atoms with Gasteiger partial charge in [-0.15, -0.1) is 0 Å². The van der Waals surface area contributed by atoms with E-state index in [0.717, 1.165) is 57.2 Å². The molecule has 3 aliphatic rings. The van der Waals surface area contributed by atoms with Gasteiger partial charge in [0.15, 0.2) is 9.84 Å². The van der Waals surface area contributed by atoms with Crippen LogP contribution in [0.1, 0.15) is 54.9 Å². The highest BCUT2D eigenvalue weighted by Crippen LogP contribution is 2.36. The van der Waals surface area contributed by atoms with Crippen molar-refractivity contribution in [3.05, 3.63) is 23.3 Å². The monoisotopic (exact) mass is 406 g/mol. The molecular weight excluding hydrogens is 376 g/mol. The maximum Gasteiger partial charge on any atom is 0.255 e. The van der Waals surface area contributed by atoms with E-state index in [1.165, 1.54) is 6.07 Å². The number of benzene rings is 1. The summed E-state index contributed by atoms with van der Waals surface area (Å²) >= 11 is 0. The number of aryl methyl sites for hydroxylation is 1. The molecule has 1 saturated carbocycles. The first-order valence-electron chi connectivity index (χ1n) is 10.5. The maximum absolute atomic E-state index is 13.0. The molecule has 28 heavy (non-hydrogen) atoms. The number of hydrogen-bond acceptors (Lipinski definition) is 5. The summed E-state index contributed by atoms with van der Waals surface area (Å²) in [4.78, 5) is 15.6. The molecule has 7 heteroatoms. The number of ether oxygens (including phenoxy) is 1. The van der Waals surface area contributed by atoms with Gasteiger partial charge in [0.25, 0.3) is 5.91 Å². The summed E-state index contributed by atoms with van der Waals surface area (Å²) in [5, 5.41) is 3.03. The average molecular weight is 407 g/mol. The van der Waals surface area contributed by atoms with Crippen molar-refractivity contribution < 1.29 is 17.9 Å². The molecule has 2 heterocycles. The normalized spacial score (nSPS) is 22.5. The minimum Gasteiger partial charge on any atom is -0.492 e. The van der Waals surface area contributed by atoms with Crippen LogP contribution in [0.4, 0.5) is 0 Å². The van der Waals surface area contributed by atoms with Gasteiger partial charge in [-0.2, -0.15) is 0 Å². The fraction of sp³-hybridized carbons (Fsp3) is 0.667. The lowest BCUT2D eigenvalue weighted by molar-refractivity contribution is 0.0936. The quantitative estimate of drug-likeness (QED) is 0.753.